The summed E-state index contributed by atoms with van der Waals surface area (Å²) in [5, 5.41) is 9.42. The molecule has 0 fully saturated rings. The molecule has 0 saturated heterocycles. The van der Waals surface area contributed by atoms with E-state index in [0.29, 0.717) is 6.61 Å². The molecule has 0 heterocycles. The predicted octanol–water partition coefficient (Wildman–Crippen LogP) is 8.22. The SMILES string of the molecule is CCCCCCCCCCCCCCCCOC[C@H](CO)OCCCCCCCC. The van der Waals surface area contributed by atoms with Crippen LogP contribution < -0.4 is 0 Å². The lowest BCUT2D eigenvalue weighted by Gasteiger charge is -2.15. The molecule has 0 spiro atoms. The molecule has 1 N–H and O–H groups in total. The highest BCUT2D eigenvalue weighted by molar-refractivity contribution is 4.55. The van der Waals surface area contributed by atoms with Crippen molar-refractivity contribution in [3.63, 3.8) is 0 Å². The zero-order valence-corrected chi connectivity index (χ0v) is 20.8. The molecular weight excluding hydrogens is 372 g/mol. The molecule has 0 aromatic heterocycles. The maximum atomic E-state index is 9.42. The molecule has 0 saturated carbocycles. The number of ether oxygens (including phenoxy) is 2. The van der Waals surface area contributed by atoms with Gasteiger partial charge in [-0.1, -0.05) is 129 Å². The van der Waals surface area contributed by atoms with Gasteiger partial charge < -0.3 is 14.6 Å². The zero-order valence-electron chi connectivity index (χ0n) is 20.8. The molecule has 1 atom stereocenters. The van der Waals surface area contributed by atoms with Gasteiger partial charge in [-0.05, 0) is 12.8 Å². The standard InChI is InChI=1S/C27H56O3/c1-3-5-7-9-11-12-13-14-15-16-17-18-19-21-23-29-26-27(25-28)30-24-22-20-10-8-6-4-2/h27-28H,3-26H2,1-2H3/t27-/m0/s1. The minimum atomic E-state index is -0.146. The van der Waals surface area contributed by atoms with Gasteiger partial charge >= 0.3 is 0 Å². The second-order valence-corrected chi connectivity index (χ2v) is 9.11. The maximum Gasteiger partial charge on any atom is 0.104 e. The van der Waals surface area contributed by atoms with Gasteiger partial charge in [-0.3, -0.25) is 0 Å². The topological polar surface area (TPSA) is 38.7 Å². The number of rotatable bonds is 26. The van der Waals surface area contributed by atoms with Crippen LogP contribution in [-0.4, -0.2) is 37.6 Å². The van der Waals surface area contributed by atoms with Crippen LogP contribution in [0.2, 0.25) is 0 Å². The van der Waals surface area contributed by atoms with Crippen LogP contribution in [0.25, 0.3) is 0 Å². The van der Waals surface area contributed by atoms with E-state index in [1.54, 1.807) is 0 Å². The van der Waals surface area contributed by atoms with Crippen LogP contribution in [0.3, 0.4) is 0 Å². The van der Waals surface area contributed by atoms with Gasteiger partial charge in [0.1, 0.15) is 6.10 Å². The van der Waals surface area contributed by atoms with E-state index in [-0.39, 0.29) is 12.7 Å². The molecule has 0 rings (SSSR count). The number of aliphatic hydroxyl groups excluding tert-OH is 1. The molecular formula is C27H56O3. The van der Waals surface area contributed by atoms with Gasteiger partial charge in [-0.15, -0.1) is 0 Å². The molecule has 30 heavy (non-hydrogen) atoms. The van der Waals surface area contributed by atoms with Crippen molar-refractivity contribution in [2.45, 2.75) is 148 Å². The Labute approximate surface area is 189 Å². The minimum Gasteiger partial charge on any atom is -0.394 e. The Balaban J connectivity index is 3.22. The summed E-state index contributed by atoms with van der Waals surface area (Å²) >= 11 is 0. The average Bonchev–Trinajstić information content (AvgIpc) is 2.76. The maximum absolute atomic E-state index is 9.42. The lowest BCUT2D eigenvalue weighted by atomic mass is 10.0. The summed E-state index contributed by atoms with van der Waals surface area (Å²) in [6.07, 6.45) is 26.8. The molecule has 0 aromatic carbocycles. The summed E-state index contributed by atoms with van der Waals surface area (Å²) in [4.78, 5) is 0. The van der Waals surface area contributed by atoms with Gasteiger partial charge in [0.15, 0.2) is 0 Å². The summed E-state index contributed by atoms with van der Waals surface area (Å²) in [7, 11) is 0. The van der Waals surface area contributed by atoms with Crippen LogP contribution in [0.15, 0.2) is 0 Å². The van der Waals surface area contributed by atoms with Gasteiger partial charge in [0.2, 0.25) is 0 Å². The molecule has 3 heteroatoms. The Morgan fingerprint density at radius 2 is 0.867 bits per heavy atom. The third-order valence-corrected chi connectivity index (χ3v) is 6.00. The van der Waals surface area contributed by atoms with Crippen LogP contribution in [-0.2, 0) is 9.47 Å². The lowest BCUT2D eigenvalue weighted by Crippen LogP contribution is -2.24. The second-order valence-electron chi connectivity index (χ2n) is 9.11. The quantitative estimate of drug-likeness (QED) is 0.141. The molecule has 0 radical (unpaired) electrons. The fourth-order valence-electron chi connectivity index (χ4n) is 3.90. The number of hydrogen-bond acceptors (Lipinski definition) is 3. The first-order valence-electron chi connectivity index (χ1n) is 13.6. The third-order valence-electron chi connectivity index (χ3n) is 6.00. The van der Waals surface area contributed by atoms with Gasteiger partial charge in [0, 0.05) is 13.2 Å². The van der Waals surface area contributed by atoms with Gasteiger partial charge in [0.05, 0.1) is 13.2 Å². The summed E-state index contributed by atoms with van der Waals surface area (Å²) in [6.45, 7) is 6.68. The van der Waals surface area contributed by atoms with Gasteiger partial charge in [0.25, 0.3) is 0 Å². The Morgan fingerprint density at radius 3 is 1.27 bits per heavy atom. The Bertz CT molecular complexity index is 296. The fourth-order valence-corrected chi connectivity index (χ4v) is 3.90. The van der Waals surface area contributed by atoms with Crippen molar-refractivity contribution in [2.75, 3.05) is 26.4 Å². The zero-order chi connectivity index (χ0) is 22.0. The minimum absolute atomic E-state index is 0.0641. The van der Waals surface area contributed by atoms with E-state index in [1.165, 1.54) is 116 Å². The van der Waals surface area contributed by atoms with Crippen molar-refractivity contribution in [2.24, 2.45) is 0 Å². The molecule has 0 aliphatic rings. The lowest BCUT2D eigenvalue weighted by molar-refractivity contribution is -0.0437. The normalized spacial score (nSPS) is 12.5. The number of hydrogen-bond donors (Lipinski definition) is 1. The summed E-state index contributed by atoms with van der Waals surface area (Å²) in [5.74, 6) is 0. The molecule has 0 amide bonds. The van der Waals surface area contributed by atoms with Crippen molar-refractivity contribution >= 4 is 0 Å². The van der Waals surface area contributed by atoms with Crippen molar-refractivity contribution in [1.29, 1.82) is 0 Å². The number of aliphatic hydroxyl groups is 1. The van der Waals surface area contributed by atoms with Crippen molar-refractivity contribution in [1.82, 2.24) is 0 Å². The van der Waals surface area contributed by atoms with Gasteiger partial charge in [-0.2, -0.15) is 0 Å². The summed E-state index contributed by atoms with van der Waals surface area (Å²) < 4.78 is 11.5. The van der Waals surface area contributed by atoms with E-state index in [4.69, 9.17) is 9.47 Å². The van der Waals surface area contributed by atoms with Crippen molar-refractivity contribution < 1.29 is 14.6 Å². The molecule has 0 aromatic rings. The Kier molecular flexibility index (Phi) is 26.8. The molecule has 0 bridgehead atoms. The molecule has 0 unspecified atom stereocenters. The monoisotopic (exact) mass is 428 g/mol. The van der Waals surface area contributed by atoms with Crippen LogP contribution >= 0.6 is 0 Å². The summed E-state index contributed by atoms with van der Waals surface area (Å²) in [6, 6.07) is 0. The van der Waals surface area contributed by atoms with E-state index in [0.717, 1.165) is 26.1 Å². The van der Waals surface area contributed by atoms with Crippen LogP contribution in [0, 0.1) is 0 Å². The fraction of sp³-hybridized carbons (Fsp3) is 1.00. The second kappa shape index (κ2) is 26.9. The largest absolute Gasteiger partial charge is 0.394 e. The van der Waals surface area contributed by atoms with Crippen LogP contribution in [0.4, 0.5) is 0 Å². The average molecular weight is 429 g/mol. The van der Waals surface area contributed by atoms with E-state index in [9.17, 15) is 5.11 Å². The Morgan fingerprint density at radius 1 is 0.500 bits per heavy atom. The van der Waals surface area contributed by atoms with Crippen molar-refractivity contribution in [3.05, 3.63) is 0 Å². The molecule has 0 aliphatic heterocycles. The summed E-state index contributed by atoms with van der Waals surface area (Å²) in [5.41, 5.74) is 0. The van der Waals surface area contributed by atoms with E-state index < -0.39 is 0 Å². The smallest absolute Gasteiger partial charge is 0.104 e. The Hall–Kier alpha value is -0.120. The van der Waals surface area contributed by atoms with Crippen molar-refractivity contribution in [3.8, 4) is 0 Å². The first-order chi connectivity index (χ1) is 14.8. The third kappa shape index (κ3) is 24.2. The van der Waals surface area contributed by atoms with Gasteiger partial charge in [-0.25, -0.2) is 0 Å². The molecule has 0 aliphatic carbocycles. The number of unbranched alkanes of at least 4 members (excludes halogenated alkanes) is 18. The van der Waals surface area contributed by atoms with E-state index in [1.807, 2.05) is 0 Å². The van der Waals surface area contributed by atoms with E-state index in [2.05, 4.69) is 13.8 Å². The predicted molar refractivity (Wildman–Crippen MR) is 131 cm³/mol. The highest BCUT2D eigenvalue weighted by atomic mass is 16.5. The molecule has 3 nitrogen and oxygen atoms in total. The van der Waals surface area contributed by atoms with Crippen LogP contribution in [0.5, 0.6) is 0 Å². The first-order valence-corrected chi connectivity index (χ1v) is 13.6. The molecule has 182 valence electrons. The highest BCUT2D eigenvalue weighted by Gasteiger charge is 2.07. The van der Waals surface area contributed by atoms with Crippen LogP contribution in [0.1, 0.15) is 142 Å². The first kappa shape index (κ1) is 29.9. The van der Waals surface area contributed by atoms with E-state index >= 15 is 0 Å². The highest BCUT2D eigenvalue weighted by Crippen LogP contribution is 2.13.